The van der Waals surface area contributed by atoms with Crippen LogP contribution in [0.1, 0.15) is 41.0 Å². The molecule has 3 heteroatoms. The molecule has 1 aromatic carbocycles. The lowest BCUT2D eigenvalue weighted by molar-refractivity contribution is -0.115. The van der Waals surface area contributed by atoms with Gasteiger partial charge in [-0.3, -0.25) is 9.59 Å². The first-order valence-electron chi connectivity index (χ1n) is 4.65. The Morgan fingerprint density at radius 1 is 1.00 bits per heavy atom. The molecule has 0 radical (unpaired) electrons. The van der Waals surface area contributed by atoms with Crippen LogP contribution in [0.2, 0.25) is 0 Å². The molecule has 0 spiro atoms. The summed E-state index contributed by atoms with van der Waals surface area (Å²) < 4.78 is 0. The third-order valence-corrected chi connectivity index (χ3v) is 1.85. The molecule has 0 aromatic heterocycles. The number of rotatable bonds is 0. The van der Waals surface area contributed by atoms with E-state index >= 15 is 0 Å². The monoisotopic (exact) mass is 204 g/mol. The minimum Gasteiger partial charge on any atom is -0.300 e. The summed E-state index contributed by atoms with van der Waals surface area (Å²) in [5.74, 6) is 0.0659. The van der Waals surface area contributed by atoms with Gasteiger partial charge in [0.2, 0.25) is 0 Å². The Morgan fingerprint density at radius 2 is 1.33 bits per heavy atom. The zero-order valence-electron chi connectivity index (χ0n) is 8.74. The number of carbonyl (C=O) groups excluding carboxylic acids is 3. The number of fused-ring (bicyclic) bond motifs is 1. The molecule has 0 fully saturated rings. The van der Waals surface area contributed by atoms with Crippen LogP contribution >= 0.6 is 0 Å². The van der Waals surface area contributed by atoms with E-state index in [1.165, 1.54) is 13.8 Å². The lowest BCUT2D eigenvalue weighted by atomic mass is 10.1. The van der Waals surface area contributed by atoms with Crippen LogP contribution in [0.4, 0.5) is 0 Å². The van der Waals surface area contributed by atoms with Gasteiger partial charge in [0.05, 0.1) is 6.42 Å². The number of ketones is 3. The van der Waals surface area contributed by atoms with Gasteiger partial charge >= 0.3 is 0 Å². The summed E-state index contributed by atoms with van der Waals surface area (Å²) in [4.78, 5) is 31.6. The number of Topliss-reactive ketones (excluding diaryl/α,β-unsaturated/α-hetero) is 3. The molecule has 0 atom stereocenters. The molecule has 78 valence electrons. The van der Waals surface area contributed by atoms with Crippen LogP contribution in [0.15, 0.2) is 24.3 Å². The molecule has 1 aliphatic carbocycles. The molecule has 0 amide bonds. The van der Waals surface area contributed by atoms with Gasteiger partial charge in [-0.05, 0) is 13.8 Å². The van der Waals surface area contributed by atoms with E-state index in [9.17, 15) is 14.4 Å². The van der Waals surface area contributed by atoms with Crippen LogP contribution in [0, 0.1) is 0 Å². The second-order valence-electron chi connectivity index (χ2n) is 3.48. The molecule has 0 saturated carbocycles. The van der Waals surface area contributed by atoms with Crippen molar-refractivity contribution in [2.75, 3.05) is 0 Å². The van der Waals surface area contributed by atoms with Gasteiger partial charge < -0.3 is 4.79 Å². The Balaban J connectivity index is 0.000000245. The topological polar surface area (TPSA) is 51.2 Å². The third-order valence-electron chi connectivity index (χ3n) is 1.85. The summed E-state index contributed by atoms with van der Waals surface area (Å²) in [5, 5.41) is 0. The van der Waals surface area contributed by atoms with Gasteiger partial charge in [-0.25, -0.2) is 0 Å². The van der Waals surface area contributed by atoms with E-state index in [0.717, 1.165) is 0 Å². The second-order valence-corrected chi connectivity index (χ2v) is 3.48. The van der Waals surface area contributed by atoms with Crippen molar-refractivity contribution < 1.29 is 14.4 Å². The van der Waals surface area contributed by atoms with Crippen LogP contribution in [0.25, 0.3) is 0 Å². The number of hydrogen-bond acceptors (Lipinski definition) is 3. The number of hydrogen-bond donors (Lipinski definition) is 0. The average molecular weight is 204 g/mol. The number of carbonyl (C=O) groups is 3. The quantitative estimate of drug-likeness (QED) is 0.608. The van der Waals surface area contributed by atoms with Gasteiger partial charge in [0, 0.05) is 11.1 Å². The Morgan fingerprint density at radius 3 is 1.67 bits per heavy atom. The maximum Gasteiger partial charge on any atom is 0.171 e. The minimum absolute atomic E-state index is 0.0504. The van der Waals surface area contributed by atoms with Crippen LogP contribution in [-0.4, -0.2) is 17.3 Å². The molecule has 0 unspecified atom stereocenters. The van der Waals surface area contributed by atoms with Gasteiger partial charge in [0.25, 0.3) is 0 Å². The molecule has 0 N–H and O–H groups in total. The van der Waals surface area contributed by atoms with Crippen molar-refractivity contribution in [3.8, 4) is 0 Å². The van der Waals surface area contributed by atoms with Crippen molar-refractivity contribution in [1.82, 2.24) is 0 Å². The molecule has 0 aliphatic heterocycles. The molecule has 1 aliphatic rings. The minimum atomic E-state index is -0.0504. The first-order valence-corrected chi connectivity index (χ1v) is 4.65. The zero-order valence-corrected chi connectivity index (χ0v) is 8.74. The average Bonchev–Trinajstić information content (AvgIpc) is 2.43. The Bertz CT molecular complexity index is 382. The van der Waals surface area contributed by atoms with E-state index in [4.69, 9.17) is 0 Å². The highest BCUT2D eigenvalue weighted by atomic mass is 16.2. The van der Waals surface area contributed by atoms with Crippen LogP contribution in [-0.2, 0) is 4.79 Å². The van der Waals surface area contributed by atoms with Gasteiger partial charge in [-0.2, -0.15) is 0 Å². The Labute approximate surface area is 88.1 Å². The first-order chi connectivity index (χ1) is 7.02. The molecule has 0 bridgehead atoms. The molecule has 1 aromatic rings. The summed E-state index contributed by atoms with van der Waals surface area (Å²) in [6.07, 6.45) is 0.0549. The van der Waals surface area contributed by atoms with Gasteiger partial charge in [0.15, 0.2) is 11.6 Å². The van der Waals surface area contributed by atoms with Gasteiger partial charge in [-0.15, -0.1) is 0 Å². The van der Waals surface area contributed by atoms with Crippen molar-refractivity contribution in [1.29, 1.82) is 0 Å². The van der Waals surface area contributed by atoms with E-state index in [1.54, 1.807) is 24.3 Å². The predicted molar refractivity (Wildman–Crippen MR) is 56.1 cm³/mol. The lowest BCUT2D eigenvalue weighted by Crippen LogP contribution is -1.90. The van der Waals surface area contributed by atoms with E-state index < -0.39 is 0 Å². The molecular formula is C12H12O3. The first kappa shape index (κ1) is 11.3. The highest BCUT2D eigenvalue weighted by Gasteiger charge is 2.25. The normalized spacial score (nSPS) is 12.9. The van der Waals surface area contributed by atoms with E-state index in [2.05, 4.69) is 0 Å². The highest BCUT2D eigenvalue weighted by Crippen LogP contribution is 2.20. The maximum absolute atomic E-state index is 11.1. The fourth-order valence-electron chi connectivity index (χ4n) is 1.31. The predicted octanol–water partition coefficient (Wildman–Crippen LogP) is 2.05. The molecule has 2 rings (SSSR count). The van der Waals surface area contributed by atoms with Gasteiger partial charge in [0.1, 0.15) is 5.78 Å². The molecule has 3 nitrogen and oxygen atoms in total. The van der Waals surface area contributed by atoms with Crippen molar-refractivity contribution in [3.05, 3.63) is 35.4 Å². The summed E-state index contributed by atoms with van der Waals surface area (Å²) in [7, 11) is 0. The summed E-state index contributed by atoms with van der Waals surface area (Å²) >= 11 is 0. The summed E-state index contributed by atoms with van der Waals surface area (Å²) in [5.41, 5.74) is 1.16. The standard InChI is InChI=1S/C9H6O2.C3H6O/c10-8-5-9(11)7-4-2-1-3-6(7)8;1-3(2)4/h1-4H,5H2;1-2H3. The highest BCUT2D eigenvalue weighted by molar-refractivity contribution is 6.24. The van der Waals surface area contributed by atoms with E-state index in [0.29, 0.717) is 11.1 Å². The zero-order chi connectivity index (χ0) is 11.4. The van der Waals surface area contributed by atoms with Crippen molar-refractivity contribution >= 4 is 17.3 Å². The fraction of sp³-hybridized carbons (Fsp3) is 0.250. The van der Waals surface area contributed by atoms with Crippen LogP contribution < -0.4 is 0 Å². The molecule has 0 heterocycles. The largest absolute Gasteiger partial charge is 0.300 e. The van der Waals surface area contributed by atoms with Crippen molar-refractivity contribution in [3.63, 3.8) is 0 Å². The third kappa shape index (κ3) is 2.84. The number of benzene rings is 1. The Hall–Kier alpha value is -1.77. The van der Waals surface area contributed by atoms with Crippen LogP contribution in [0.5, 0.6) is 0 Å². The molecule has 15 heavy (non-hydrogen) atoms. The summed E-state index contributed by atoms with van der Waals surface area (Å²) in [6, 6.07) is 6.94. The molecule has 0 saturated heterocycles. The van der Waals surface area contributed by atoms with Gasteiger partial charge in [-0.1, -0.05) is 24.3 Å². The maximum atomic E-state index is 11.1. The van der Waals surface area contributed by atoms with E-state index in [1.807, 2.05) is 0 Å². The second kappa shape index (κ2) is 4.64. The SMILES string of the molecule is CC(C)=O.O=C1CC(=O)c2ccccc21. The molecular weight excluding hydrogens is 192 g/mol. The van der Waals surface area contributed by atoms with Crippen molar-refractivity contribution in [2.45, 2.75) is 20.3 Å². The fourth-order valence-corrected chi connectivity index (χ4v) is 1.31. The van der Waals surface area contributed by atoms with Crippen LogP contribution in [0.3, 0.4) is 0 Å². The smallest absolute Gasteiger partial charge is 0.171 e. The van der Waals surface area contributed by atoms with E-state index in [-0.39, 0.29) is 23.8 Å². The lowest BCUT2D eigenvalue weighted by Gasteiger charge is -1.90. The summed E-state index contributed by atoms with van der Waals surface area (Å²) in [6.45, 7) is 3.06. The van der Waals surface area contributed by atoms with Crippen molar-refractivity contribution in [2.24, 2.45) is 0 Å². The Kier molecular flexibility index (Phi) is 3.50.